The molecule has 1 aromatic heterocycles. The zero-order valence-electron chi connectivity index (χ0n) is 15.2. The summed E-state index contributed by atoms with van der Waals surface area (Å²) in [5.74, 6) is -0.695. The highest BCUT2D eigenvalue weighted by molar-refractivity contribution is 6.02. The minimum Gasteiger partial charge on any atom is -0.356 e. The van der Waals surface area contributed by atoms with Gasteiger partial charge in [-0.2, -0.15) is 5.10 Å². The van der Waals surface area contributed by atoms with E-state index < -0.39 is 23.9 Å². The SMILES string of the molecule is CCN1C(=O)CO[C@H](C(=O)Nc2n[nH]c3cc(F)ccc23)[C@H]1c1ccccc1. The van der Waals surface area contributed by atoms with Crippen molar-refractivity contribution in [2.24, 2.45) is 0 Å². The summed E-state index contributed by atoms with van der Waals surface area (Å²) in [5.41, 5.74) is 1.29. The van der Waals surface area contributed by atoms with Crippen LogP contribution >= 0.6 is 0 Å². The van der Waals surface area contributed by atoms with Gasteiger partial charge in [-0.05, 0) is 30.7 Å². The van der Waals surface area contributed by atoms with Gasteiger partial charge in [0.05, 0.1) is 11.6 Å². The van der Waals surface area contributed by atoms with E-state index in [2.05, 4.69) is 15.5 Å². The second-order valence-corrected chi connectivity index (χ2v) is 6.52. The molecule has 0 unspecified atom stereocenters. The lowest BCUT2D eigenvalue weighted by Crippen LogP contribution is -2.53. The van der Waals surface area contributed by atoms with E-state index in [-0.39, 0.29) is 18.3 Å². The molecule has 8 heteroatoms. The van der Waals surface area contributed by atoms with E-state index >= 15 is 0 Å². The van der Waals surface area contributed by atoms with E-state index in [1.165, 1.54) is 12.1 Å². The third kappa shape index (κ3) is 3.22. The summed E-state index contributed by atoms with van der Waals surface area (Å²) in [7, 11) is 0. The number of nitrogens with one attached hydrogen (secondary N) is 2. The minimum absolute atomic E-state index is 0.165. The van der Waals surface area contributed by atoms with Crippen molar-refractivity contribution in [1.82, 2.24) is 15.1 Å². The highest BCUT2D eigenvalue weighted by atomic mass is 19.1. The number of morpholine rings is 1. The molecule has 2 heterocycles. The molecule has 28 heavy (non-hydrogen) atoms. The number of H-pyrrole nitrogens is 1. The van der Waals surface area contributed by atoms with Crippen molar-refractivity contribution in [2.75, 3.05) is 18.5 Å². The smallest absolute Gasteiger partial charge is 0.257 e. The Hall–Kier alpha value is -3.26. The predicted molar refractivity (Wildman–Crippen MR) is 101 cm³/mol. The number of carbonyl (C=O) groups is 2. The fourth-order valence-corrected chi connectivity index (χ4v) is 3.53. The molecule has 0 aliphatic carbocycles. The molecule has 0 saturated carbocycles. The average Bonchev–Trinajstić information content (AvgIpc) is 3.09. The number of halogens is 1. The second kappa shape index (κ2) is 7.40. The van der Waals surface area contributed by atoms with Crippen LogP contribution in [0, 0.1) is 5.82 Å². The summed E-state index contributed by atoms with van der Waals surface area (Å²) >= 11 is 0. The van der Waals surface area contributed by atoms with Crippen LogP contribution in [-0.2, 0) is 14.3 Å². The molecular formula is C20H19FN4O3. The summed E-state index contributed by atoms with van der Waals surface area (Å²) in [6.07, 6.45) is -0.896. The molecule has 7 nitrogen and oxygen atoms in total. The van der Waals surface area contributed by atoms with Crippen LogP contribution in [0.25, 0.3) is 10.9 Å². The average molecular weight is 382 g/mol. The maximum Gasteiger partial charge on any atom is 0.257 e. The van der Waals surface area contributed by atoms with E-state index in [0.717, 1.165) is 5.56 Å². The van der Waals surface area contributed by atoms with Crippen LogP contribution in [0.4, 0.5) is 10.2 Å². The normalized spacial score (nSPS) is 19.8. The van der Waals surface area contributed by atoms with Gasteiger partial charge in [-0.3, -0.25) is 14.7 Å². The zero-order valence-corrected chi connectivity index (χ0v) is 15.2. The Labute approximate surface area is 160 Å². The number of rotatable bonds is 4. The molecule has 1 aliphatic rings. The first kappa shape index (κ1) is 18.1. The number of anilines is 1. The highest BCUT2D eigenvalue weighted by Crippen LogP contribution is 2.31. The van der Waals surface area contributed by atoms with Crippen molar-refractivity contribution in [3.63, 3.8) is 0 Å². The van der Waals surface area contributed by atoms with Crippen LogP contribution in [0.5, 0.6) is 0 Å². The van der Waals surface area contributed by atoms with Crippen molar-refractivity contribution < 1.29 is 18.7 Å². The number of hydrogen-bond donors (Lipinski definition) is 2. The van der Waals surface area contributed by atoms with Crippen molar-refractivity contribution in [2.45, 2.75) is 19.1 Å². The lowest BCUT2D eigenvalue weighted by Gasteiger charge is -2.39. The van der Waals surface area contributed by atoms with Gasteiger partial charge in [-0.25, -0.2) is 4.39 Å². The van der Waals surface area contributed by atoms with E-state index in [1.54, 1.807) is 11.0 Å². The van der Waals surface area contributed by atoms with Gasteiger partial charge in [0.15, 0.2) is 11.9 Å². The summed E-state index contributed by atoms with van der Waals surface area (Å²) < 4.78 is 19.0. The largest absolute Gasteiger partial charge is 0.356 e. The van der Waals surface area contributed by atoms with E-state index in [4.69, 9.17) is 4.74 Å². The number of carbonyl (C=O) groups excluding carboxylic acids is 2. The van der Waals surface area contributed by atoms with Gasteiger partial charge >= 0.3 is 0 Å². The number of amides is 2. The molecule has 144 valence electrons. The van der Waals surface area contributed by atoms with Crippen molar-refractivity contribution in [3.05, 3.63) is 59.9 Å². The topological polar surface area (TPSA) is 87.3 Å². The van der Waals surface area contributed by atoms with Crippen molar-refractivity contribution in [3.8, 4) is 0 Å². The van der Waals surface area contributed by atoms with E-state index in [9.17, 15) is 14.0 Å². The molecule has 1 saturated heterocycles. The number of aromatic nitrogens is 2. The fraction of sp³-hybridized carbons (Fsp3) is 0.250. The third-order valence-corrected chi connectivity index (χ3v) is 4.84. The molecule has 0 bridgehead atoms. The molecule has 1 fully saturated rings. The van der Waals surface area contributed by atoms with Crippen LogP contribution in [0.2, 0.25) is 0 Å². The first-order valence-corrected chi connectivity index (χ1v) is 8.99. The Morgan fingerprint density at radius 2 is 2.11 bits per heavy atom. The van der Waals surface area contributed by atoms with Gasteiger partial charge in [-0.1, -0.05) is 30.3 Å². The number of ether oxygens (including phenoxy) is 1. The minimum atomic E-state index is -0.896. The zero-order chi connectivity index (χ0) is 19.7. The lowest BCUT2D eigenvalue weighted by atomic mass is 9.97. The molecule has 0 radical (unpaired) electrons. The number of fused-ring (bicyclic) bond motifs is 1. The molecular weight excluding hydrogens is 363 g/mol. The molecule has 2 N–H and O–H groups in total. The Bertz CT molecular complexity index is 1020. The van der Waals surface area contributed by atoms with Gasteiger partial charge in [0.1, 0.15) is 12.4 Å². The lowest BCUT2D eigenvalue weighted by molar-refractivity contribution is -0.162. The quantitative estimate of drug-likeness (QED) is 0.726. The number of nitrogens with zero attached hydrogens (tertiary/aromatic N) is 2. The summed E-state index contributed by atoms with van der Waals surface area (Å²) in [4.78, 5) is 27.0. The van der Waals surface area contributed by atoms with Gasteiger partial charge in [0.2, 0.25) is 5.91 Å². The number of aromatic amines is 1. The Kier molecular flexibility index (Phi) is 4.79. The van der Waals surface area contributed by atoms with Crippen molar-refractivity contribution >= 4 is 28.5 Å². The maximum absolute atomic E-state index is 13.4. The van der Waals surface area contributed by atoms with Gasteiger partial charge < -0.3 is 15.0 Å². The van der Waals surface area contributed by atoms with Crippen LogP contribution in [0.3, 0.4) is 0 Å². The number of benzene rings is 2. The van der Waals surface area contributed by atoms with Gasteiger partial charge in [0, 0.05) is 11.9 Å². The molecule has 2 atom stereocenters. The second-order valence-electron chi connectivity index (χ2n) is 6.52. The fourth-order valence-electron chi connectivity index (χ4n) is 3.53. The first-order chi connectivity index (χ1) is 13.6. The number of likely N-dealkylation sites (N-methyl/N-ethyl adjacent to an activating group) is 1. The Morgan fingerprint density at radius 1 is 1.32 bits per heavy atom. The Balaban J connectivity index is 1.65. The van der Waals surface area contributed by atoms with Crippen LogP contribution in [-0.4, -0.2) is 46.2 Å². The van der Waals surface area contributed by atoms with Crippen LogP contribution < -0.4 is 5.32 Å². The van der Waals surface area contributed by atoms with E-state index in [0.29, 0.717) is 17.4 Å². The van der Waals surface area contributed by atoms with Crippen LogP contribution in [0.1, 0.15) is 18.5 Å². The summed E-state index contributed by atoms with van der Waals surface area (Å²) in [5, 5.41) is 10.1. The Morgan fingerprint density at radius 3 is 2.86 bits per heavy atom. The summed E-state index contributed by atoms with van der Waals surface area (Å²) in [6, 6.07) is 12.9. The number of hydrogen-bond acceptors (Lipinski definition) is 4. The molecule has 0 spiro atoms. The molecule has 2 aromatic carbocycles. The third-order valence-electron chi connectivity index (χ3n) is 4.84. The van der Waals surface area contributed by atoms with E-state index in [1.807, 2.05) is 37.3 Å². The summed E-state index contributed by atoms with van der Waals surface area (Å²) in [6.45, 7) is 2.15. The van der Waals surface area contributed by atoms with Crippen molar-refractivity contribution in [1.29, 1.82) is 0 Å². The highest BCUT2D eigenvalue weighted by Gasteiger charge is 2.41. The van der Waals surface area contributed by atoms with Crippen LogP contribution in [0.15, 0.2) is 48.5 Å². The molecule has 3 aromatic rings. The van der Waals surface area contributed by atoms with Gasteiger partial charge in [-0.15, -0.1) is 0 Å². The monoisotopic (exact) mass is 382 g/mol. The molecule has 4 rings (SSSR count). The standard InChI is InChI=1S/C20H19FN4O3/c1-2-25-16(26)11-28-18(17(25)12-6-4-3-5-7-12)20(27)22-19-14-9-8-13(21)10-15(14)23-24-19/h3-10,17-18H,2,11H2,1H3,(H2,22,23,24,27)/t17-,18+/m1/s1. The predicted octanol–water partition coefficient (Wildman–Crippen LogP) is 2.63. The first-order valence-electron chi connectivity index (χ1n) is 8.99. The van der Waals surface area contributed by atoms with Gasteiger partial charge in [0.25, 0.3) is 5.91 Å². The molecule has 1 aliphatic heterocycles. The maximum atomic E-state index is 13.4. The molecule has 2 amide bonds.